The van der Waals surface area contributed by atoms with E-state index in [9.17, 15) is 14.7 Å². The zero-order valence-electron chi connectivity index (χ0n) is 12.5. The van der Waals surface area contributed by atoms with E-state index in [4.69, 9.17) is 9.47 Å². The number of phenolic OH excluding ortho intramolecular Hbond substituents is 1. The molecule has 0 bridgehead atoms. The number of esters is 2. The number of carbonyl (C=O) groups is 2. The Morgan fingerprint density at radius 2 is 1.55 bits per heavy atom. The third kappa shape index (κ3) is 2.43. The normalized spacial score (nSPS) is 10.3. The molecule has 0 atom stereocenters. The van der Waals surface area contributed by atoms with Gasteiger partial charge in [-0.1, -0.05) is 24.3 Å². The van der Waals surface area contributed by atoms with Crippen molar-refractivity contribution in [1.82, 2.24) is 0 Å². The lowest BCUT2D eigenvalue weighted by Crippen LogP contribution is -2.15. The van der Waals surface area contributed by atoms with Gasteiger partial charge in [-0.25, -0.2) is 9.59 Å². The highest BCUT2D eigenvalue weighted by atomic mass is 16.5. The lowest BCUT2D eigenvalue weighted by Gasteiger charge is -2.17. The second kappa shape index (κ2) is 6.34. The van der Waals surface area contributed by atoms with Crippen LogP contribution in [0.5, 0.6) is 11.5 Å². The van der Waals surface area contributed by atoms with Crippen LogP contribution in [0, 0.1) is 0 Å². The molecule has 0 spiro atoms. The maximum atomic E-state index is 12.1. The Balaban J connectivity index is 2.98. The monoisotopic (exact) mass is 304 g/mol. The second-order valence-electron chi connectivity index (χ2n) is 4.39. The summed E-state index contributed by atoms with van der Waals surface area (Å²) in [5.74, 6) is -1.79. The summed E-state index contributed by atoms with van der Waals surface area (Å²) in [4.78, 5) is 24.2. The molecule has 116 valence electrons. The van der Waals surface area contributed by atoms with Crippen LogP contribution in [-0.4, -0.2) is 37.9 Å². The summed E-state index contributed by atoms with van der Waals surface area (Å²) in [6, 6.07) is 6.76. The third-order valence-corrected chi connectivity index (χ3v) is 3.21. The third-order valence-electron chi connectivity index (χ3n) is 3.21. The van der Waals surface area contributed by atoms with Gasteiger partial charge in [0.2, 0.25) is 0 Å². The molecule has 0 aromatic heterocycles. The number of rotatable bonds is 4. The van der Waals surface area contributed by atoms with E-state index in [1.54, 1.807) is 31.2 Å². The van der Waals surface area contributed by atoms with Gasteiger partial charge in [-0.15, -0.1) is 0 Å². The summed E-state index contributed by atoms with van der Waals surface area (Å²) in [7, 11) is 2.35. The van der Waals surface area contributed by atoms with Gasteiger partial charge in [0.15, 0.2) is 0 Å². The van der Waals surface area contributed by atoms with Crippen LogP contribution < -0.4 is 4.74 Å². The van der Waals surface area contributed by atoms with E-state index >= 15 is 0 Å². The van der Waals surface area contributed by atoms with Crippen molar-refractivity contribution in [2.24, 2.45) is 0 Å². The first kappa shape index (κ1) is 15.6. The van der Waals surface area contributed by atoms with Crippen LogP contribution in [-0.2, 0) is 9.47 Å². The molecule has 0 fully saturated rings. The van der Waals surface area contributed by atoms with Gasteiger partial charge in [0.05, 0.1) is 20.8 Å². The zero-order chi connectivity index (χ0) is 16.3. The fourth-order valence-corrected chi connectivity index (χ4v) is 2.28. The number of hydrogen-bond donors (Lipinski definition) is 1. The van der Waals surface area contributed by atoms with Crippen LogP contribution in [0.15, 0.2) is 24.3 Å². The Morgan fingerprint density at radius 1 is 1.00 bits per heavy atom. The molecule has 0 amide bonds. The van der Waals surface area contributed by atoms with E-state index < -0.39 is 11.9 Å². The molecule has 0 aliphatic heterocycles. The van der Waals surface area contributed by atoms with Crippen LogP contribution in [0.4, 0.5) is 0 Å². The average Bonchev–Trinajstić information content (AvgIpc) is 2.55. The van der Waals surface area contributed by atoms with E-state index in [0.29, 0.717) is 10.8 Å². The van der Waals surface area contributed by atoms with Gasteiger partial charge in [-0.2, -0.15) is 0 Å². The fraction of sp³-hybridized carbons (Fsp3) is 0.250. The van der Waals surface area contributed by atoms with E-state index in [1.165, 1.54) is 14.2 Å². The molecule has 0 aliphatic rings. The lowest BCUT2D eigenvalue weighted by molar-refractivity contribution is 0.0549. The Hall–Kier alpha value is -2.76. The predicted octanol–water partition coefficient (Wildman–Crippen LogP) is 2.52. The molecule has 0 unspecified atom stereocenters. The molecule has 0 saturated carbocycles. The number of hydrogen-bond acceptors (Lipinski definition) is 6. The highest BCUT2D eigenvalue weighted by Crippen LogP contribution is 2.41. The van der Waals surface area contributed by atoms with Crippen LogP contribution in [0.1, 0.15) is 27.6 Å². The van der Waals surface area contributed by atoms with Crippen molar-refractivity contribution in [2.75, 3.05) is 20.8 Å². The largest absolute Gasteiger partial charge is 0.506 e. The summed E-state index contributed by atoms with van der Waals surface area (Å²) in [5.41, 5.74) is -0.413. The number of fused-ring (bicyclic) bond motifs is 1. The van der Waals surface area contributed by atoms with Gasteiger partial charge in [0, 0.05) is 10.8 Å². The molecule has 0 saturated heterocycles. The fourth-order valence-electron chi connectivity index (χ4n) is 2.28. The molecular formula is C16H16O6. The standard InChI is InChI=1S/C16H16O6/c1-4-22-14-10-8-6-5-7-9(10)13(17)11(15(18)20-2)12(14)16(19)21-3/h5-8,17H,4H2,1-3H3. The van der Waals surface area contributed by atoms with Gasteiger partial charge in [0.25, 0.3) is 0 Å². The maximum Gasteiger partial charge on any atom is 0.342 e. The van der Waals surface area contributed by atoms with Crippen molar-refractivity contribution < 1.29 is 28.9 Å². The van der Waals surface area contributed by atoms with Crippen LogP contribution >= 0.6 is 0 Å². The van der Waals surface area contributed by atoms with E-state index in [2.05, 4.69) is 4.74 Å². The van der Waals surface area contributed by atoms with Crippen molar-refractivity contribution in [1.29, 1.82) is 0 Å². The van der Waals surface area contributed by atoms with Gasteiger partial charge in [-0.3, -0.25) is 0 Å². The summed E-state index contributed by atoms with van der Waals surface area (Å²) in [6.07, 6.45) is 0. The summed E-state index contributed by atoms with van der Waals surface area (Å²) in [6.45, 7) is 2.03. The van der Waals surface area contributed by atoms with Crippen LogP contribution in [0.25, 0.3) is 10.8 Å². The molecule has 6 nitrogen and oxygen atoms in total. The molecule has 2 rings (SSSR count). The molecule has 0 heterocycles. The molecule has 2 aromatic rings. The molecule has 2 aromatic carbocycles. The van der Waals surface area contributed by atoms with Crippen molar-refractivity contribution in [3.05, 3.63) is 35.4 Å². The number of ether oxygens (including phenoxy) is 3. The first-order chi connectivity index (χ1) is 10.6. The van der Waals surface area contributed by atoms with Crippen molar-refractivity contribution in [2.45, 2.75) is 6.92 Å². The Labute approximate surface area is 127 Å². The van der Waals surface area contributed by atoms with Crippen LogP contribution in [0.3, 0.4) is 0 Å². The van der Waals surface area contributed by atoms with Gasteiger partial charge >= 0.3 is 11.9 Å². The number of phenols is 1. The van der Waals surface area contributed by atoms with E-state index in [1.807, 2.05) is 0 Å². The van der Waals surface area contributed by atoms with Crippen LogP contribution in [0.2, 0.25) is 0 Å². The molecule has 22 heavy (non-hydrogen) atoms. The average molecular weight is 304 g/mol. The summed E-state index contributed by atoms with van der Waals surface area (Å²) < 4.78 is 14.9. The van der Waals surface area contributed by atoms with Crippen molar-refractivity contribution >= 4 is 22.7 Å². The lowest BCUT2D eigenvalue weighted by atomic mass is 9.97. The summed E-state index contributed by atoms with van der Waals surface area (Å²) >= 11 is 0. The van der Waals surface area contributed by atoms with Gasteiger partial charge in [-0.05, 0) is 6.92 Å². The number of benzene rings is 2. The molecular weight excluding hydrogens is 288 g/mol. The predicted molar refractivity (Wildman–Crippen MR) is 79.5 cm³/mol. The van der Waals surface area contributed by atoms with Crippen molar-refractivity contribution in [3.8, 4) is 11.5 Å². The van der Waals surface area contributed by atoms with Gasteiger partial charge < -0.3 is 19.3 Å². The van der Waals surface area contributed by atoms with E-state index in [-0.39, 0.29) is 29.2 Å². The van der Waals surface area contributed by atoms with E-state index in [0.717, 1.165) is 0 Å². The summed E-state index contributed by atoms with van der Waals surface area (Å²) in [5, 5.41) is 11.3. The highest BCUT2D eigenvalue weighted by Gasteiger charge is 2.30. The Bertz CT molecular complexity index is 735. The second-order valence-corrected chi connectivity index (χ2v) is 4.39. The number of methoxy groups -OCH3 is 2. The minimum absolute atomic E-state index is 0.146. The molecule has 1 N–H and O–H groups in total. The molecule has 0 radical (unpaired) electrons. The number of carbonyl (C=O) groups excluding carboxylic acids is 2. The topological polar surface area (TPSA) is 82.1 Å². The zero-order valence-corrected chi connectivity index (χ0v) is 12.5. The Kier molecular flexibility index (Phi) is 4.50. The minimum atomic E-state index is -0.843. The minimum Gasteiger partial charge on any atom is -0.506 e. The molecule has 0 aliphatic carbocycles. The van der Waals surface area contributed by atoms with Crippen molar-refractivity contribution in [3.63, 3.8) is 0 Å². The first-order valence-electron chi connectivity index (χ1n) is 6.63. The number of aromatic hydroxyl groups is 1. The Morgan fingerprint density at radius 3 is 2.09 bits per heavy atom. The highest BCUT2D eigenvalue weighted by molar-refractivity contribution is 6.14. The molecule has 6 heteroatoms. The first-order valence-corrected chi connectivity index (χ1v) is 6.63. The maximum absolute atomic E-state index is 12.1. The smallest absolute Gasteiger partial charge is 0.342 e. The quantitative estimate of drug-likeness (QED) is 0.874. The SMILES string of the molecule is CCOc1c(C(=O)OC)c(C(=O)OC)c(O)c2ccccc12. The van der Waals surface area contributed by atoms with Gasteiger partial charge in [0.1, 0.15) is 22.6 Å².